The Hall–Kier alpha value is -4.77. The highest BCUT2D eigenvalue weighted by Crippen LogP contribution is 2.59. The first-order valence-corrected chi connectivity index (χ1v) is 15.8. The average molecular weight is 647 g/mol. The van der Waals surface area contributed by atoms with Crippen molar-refractivity contribution in [3.63, 3.8) is 0 Å². The standard InChI is InChI=1S/C36H40F2N4O5/c1-6-42(7-2)17-8-18-46-33-21-29-27(20-32(33)45-5)30(15-16-39-29)47-31-14-13-26(19-28(31)38)41-35(44)36(22(3)23(36)4)34(43)40-25-11-9-24(37)10-12-25/h9-16,19-23H,6-8,17-18H2,1-5H3,(H,40,43)(H,41,44)/t22-,23+,36?. The molecule has 1 saturated carbocycles. The number of ether oxygens (including phenoxy) is 3. The van der Waals surface area contributed by atoms with E-state index < -0.39 is 28.9 Å². The third-order valence-corrected chi connectivity index (χ3v) is 9.10. The van der Waals surface area contributed by atoms with Crippen LogP contribution in [0.3, 0.4) is 0 Å². The van der Waals surface area contributed by atoms with E-state index in [1.807, 2.05) is 13.8 Å². The van der Waals surface area contributed by atoms with Gasteiger partial charge in [0.15, 0.2) is 23.1 Å². The summed E-state index contributed by atoms with van der Waals surface area (Å²) in [5.41, 5.74) is -0.228. The number of benzene rings is 3. The number of halogens is 2. The molecule has 1 fully saturated rings. The van der Waals surface area contributed by atoms with E-state index in [2.05, 4.69) is 34.4 Å². The predicted octanol–water partition coefficient (Wildman–Crippen LogP) is 7.27. The van der Waals surface area contributed by atoms with Crippen LogP contribution in [-0.2, 0) is 9.59 Å². The molecule has 9 nitrogen and oxygen atoms in total. The number of nitrogens with one attached hydrogen (secondary N) is 2. The van der Waals surface area contributed by atoms with Gasteiger partial charge in [-0.1, -0.05) is 27.7 Å². The van der Waals surface area contributed by atoms with Crippen LogP contribution in [0.2, 0.25) is 0 Å². The van der Waals surface area contributed by atoms with Crippen molar-refractivity contribution in [1.29, 1.82) is 0 Å². The lowest BCUT2D eigenvalue weighted by molar-refractivity contribution is -0.132. The van der Waals surface area contributed by atoms with Crippen LogP contribution in [0.1, 0.15) is 34.1 Å². The number of methoxy groups -OCH3 is 1. The fraction of sp³-hybridized carbons (Fsp3) is 0.361. The molecular formula is C36H40F2N4O5. The number of carbonyl (C=O) groups is 2. The molecule has 1 aliphatic rings. The number of aromatic nitrogens is 1. The average Bonchev–Trinajstić information content (AvgIpc) is 3.63. The summed E-state index contributed by atoms with van der Waals surface area (Å²) in [5.74, 6) is -1.38. The van der Waals surface area contributed by atoms with E-state index in [4.69, 9.17) is 14.2 Å². The second-order valence-corrected chi connectivity index (χ2v) is 11.7. The highest BCUT2D eigenvalue weighted by molar-refractivity contribution is 6.17. The van der Waals surface area contributed by atoms with E-state index in [-0.39, 0.29) is 23.3 Å². The van der Waals surface area contributed by atoms with Gasteiger partial charge in [0.2, 0.25) is 11.8 Å². The van der Waals surface area contributed by atoms with Crippen LogP contribution in [-0.4, -0.2) is 55.0 Å². The minimum atomic E-state index is -1.36. The third kappa shape index (κ3) is 7.00. The number of fused-ring (bicyclic) bond motifs is 1. The quantitative estimate of drug-likeness (QED) is 0.110. The van der Waals surface area contributed by atoms with Crippen LogP contribution < -0.4 is 24.8 Å². The molecule has 11 heteroatoms. The van der Waals surface area contributed by atoms with Crippen molar-refractivity contribution in [1.82, 2.24) is 9.88 Å². The van der Waals surface area contributed by atoms with Gasteiger partial charge in [0.1, 0.15) is 17.0 Å². The number of carbonyl (C=O) groups excluding carboxylic acids is 2. The molecule has 47 heavy (non-hydrogen) atoms. The van der Waals surface area contributed by atoms with Crippen molar-refractivity contribution in [2.75, 3.05) is 44.0 Å². The molecule has 0 aliphatic heterocycles. The highest BCUT2D eigenvalue weighted by atomic mass is 19.1. The lowest BCUT2D eigenvalue weighted by atomic mass is 9.99. The van der Waals surface area contributed by atoms with Gasteiger partial charge in [-0.25, -0.2) is 8.78 Å². The first-order valence-electron chi connectivity index (χ1n) is 15.8. The maximum Gasteiger partial charge on any atom is 0.240 e. The lowest BCUT2D eigenvalue weighted by Crippen LogP contribution is -2.38. The van der Waals surface area contributed by atoms with Gasteiger partial charge in [-0.05, 0) is 79.9 Å². The van der Waals surface area contributed by atoms with E-state index in [1.54, 1.807) is 31.5 Å². The second-order valence-electron chi connectivity index (χ2n) is 11.7. The Morgan fingerprint density at radius 3 is 2.13 bits per heavy atom. The van der Waals surface area contributed by atoms with E-state index >= 15 is 4.39 Å². The summed E-state index contributed by atoms with van der Waals surface area (Å²) in [6, 6.07) is 14.5. The predicted molar refractivity (Wildman–Crippen MR) is 177 cm³/mol. The monoisotopic (exact) mass is 646 g/mol. The third-order valence-electron chi connectivity index (χ3n) is 9.10. The van der Waals surface area contributed by atoms with Gasteiger partial charge in [-0.15, -0.1) is 0 Å². The van der Waals surface area contributed by atoms with E-state index in [1.165, 1.54) is 36.4 Å². The van der Waals surface area contributed by atoms with Crippen molar-refractivity contribution in [3.05, 3.63) is 78.5 Å². The molecule has 0 radical (unpaired) electrons. The molecule has 0 spiro atoms. The zero-order valence-corrected chi connectivity index (χ0v) is 27.2. The summed E-state index contributed by atoms with van der Waals surface area (Å²) >= 11 is 0. The number of pyridine rings is 1. The zero-order chi connectivity index (χ0) is 33.7. The number of rotatable bonds is 14. The molecule has 5 rings (SSSR count). The van der Waals surface area contributed by atoms with Crippen LogP contribution in [0.25, 0.3) is 10.9 Å². The topological polar surface area (TPSA) is 102 Å². The normalized spacial score (nSPS) is 18.6. The van der Waals surface area contributed by atoms with Gasteiger partial charge in [0.25, 0.3) is 0 Å². The van der Waals surface area contributed by atoms with Crippen LogP contribution >= 0.6 is 0 Å². The molecular weight excluding hydrogens is 606 g/mol. The van der Waals surface area contributed by atoms with Gasteiger partial charge in [-0.3, -0.25) is 14.6 Å². The molecule has 1 aromatic heterocycles. The van der Waals surface area contributed by atoms with Crippen molar-refractivity contribution < 1.29 is 32.6 Å². The second kappa shape index (κ2) is 14.3. The Morgan fingerprint density at radius 2 is 1.51 bits per heavy atom. The van der Waals surface area contributed by atoms with Crippen molar-refractivity contribution >= 4 is 34.1 Å². The van der Waals surface area contributed by atoms with Crippen LogP contribution in [0.4, 0.5) is 20.2 Å². The number of nitrogens with zero attached hydrogens (tertiary/aromatic N) is 2. The molecule has 0 bridgehead atoms. The van der Waals surface area contributed by atoms with Gasteiger partial charge in [-0.2, -0.15) is 0 Å². The molecule has 1 aliphatic carbocycles. The van der Waals surface area contributed by atoms with Crippen LogP contribution in [0.5, 0.6) is 23.0 Å². The largest absolute Gasteiger partial charge is 0.493 e. The van der Waals surface area contributed by atoms with E-state index in [0.717, 1.165) is 32.1 Å². The first kappa shape index (κ1) is 33.6. The minimum absolute atomic E-state index is 0.0666. The van der Waals surface area contributed by atoms with Gasteiger partial charge in [0, 0.05) is 41.6 Å². The van der Waals surface area contributed by atoms with Crippen molar-refractivity contribution in [2.45, 2.75) is 34.1 Å². The lowest BCUT2D eigenvalue weighted by Gasteiger charge is -2.18. The fourth-order valence-corrected chi connectivity index (χ4v) is 5.99. The number of anilines is 2. The molecule has 0 saturated heterocycles. The summed E-state index contributed by atoms with van der Waals surface area (Å²) in [6.07, 6.45) is 2.42. The fourth-order valence-electron chi connectivity index (χ4n) is 5.99. The smallest absolute Gasteiger partial charge is 0.240 e. The highest BCUT2D eigenvalue weighted by Gasteiger charge is 2.69. The molecule has 4 aromatic rings. The number of hydrogen-bond acceptors (Lipinski definition) is 7. The number of amides is 2. The zero-order valence-electron chi connectivity index (χ0n) is 27.2. The van der Waals surface area contributed by atoms with E-state index in [0.29, 0.717) is 40.4 Å². The van der Waals surface area contributed by atoms with Gasteiger partial charge >= 0.3 is 0 Å². The summed E-state index contributed by atoms with van der Waals surface area (Å²) < 4.78 is 46.3. The minimum Gasteiger partial charge on any atom is -0.493 e. The molecule has 248 valence electrons. The molecule has 3 aromatic carbocycles. The van der Waals surface area contributed by atoms with Gasteiger partial charge in [0.05, 0.1) is 19.2 Å². The van der Waals surface area contributed by atoms with Crippen LogP contribution in [0, 0.1) is 28.9 Å². The Kier molecular flexibility index (Phi) is 10.2. The maximum absolute atomic E-state index is 15.4. The number of hydrogen-bond donors (Lipinski definition) is 2. The Labute approximate surface area is 273 Å². The summed E-state index contributed by atoms with van der Waals surface area (Å²) in [5, 5.41) is 6.01. The van der Waals surface area contributed by atoms with E-state index in [9.17, 15) is 14.0 Å². The van der Waals surface area contributed by atoms with Crippen molar-refractivity contribution in [3.8, 4) is 23.0 Å². The Bertz CT molecular complexity index is 1740. The summed E-state index contributed by atoms with van der Waals surface area (Å²) in [4.78, 5) is 33.5. The molecule has 3 atom stereocenters. The molecule has 2 amide bonds. The maximum atomic E-state index is 15.4. The van der Waals surface area contributed by atoms with Crippen molar-refractivity contribution in [2.24, 2.45) is 17.3 Å². The summed E-state index contributed by atoms with van der Waals surface area (Å²) in [7, 11) is 1.55. The molecule has 1 heterocycles. The molecule has 2 N–H and O–H groups in total. The summed E-state index contributed by atoms with van der Waals surface area (Å²) in [6.45, 7) is 11.3. The Balaban J connectivity index is 1.29. The SMILES string of the molecule is CCN(CC)CCCOc1cc2nccc(Oc3ccc(NC(=O)C4(C(=O)Nc5ccc(F)cc5)[C@H](C)[C@@H]4C)cc3F)c2cc1OC. The Morgan fingerprint density at radius 1 is 0.851 bits per heavy atom. The van der Waals surface area contributed by atoms with Crippen LogP contribution in [0.15, 0.2) is 66.9 Å². The molecule has 1 unspecified atom stereocenters. The first-order chi connectivity index (χ1) is 22.6. The van der Waals surface area contributed by atoms with Gasteiger partial charge < -0.3 is 29.7 Å².